The number of carbonyl (C=O) groups is 2. The summed E-state index contributed by atoms with van der Waals surface area (Å²) >= 11 is 0. The molecular formula is C29H31FN6O2. The summed E-state index contributed by atoms with van der Waals surface area (Å²) in [5, 5.41) is 13.7. The number of alkyl halides is 1. The van der Waals surface area contributed by atoms with Crippen LogP contribution in [0.25, 0.3) is 10.9 Å². The number of hydrogen-bond acceptors (Lipinski definition) is 6. The first-order valence-corrected chi connectivity index (χ1v) is 13.0. The topological polar surface area (TPSA) is 92.6 Å². The first-order valence-electron chi connectivity index (χ1n) is 13.0. The number of para-hydroxylation sites is 1. The fraction of sp³-hybridized carbons (Fsp3) is 0.379. The Morgan fingerprint density at radius 2 is 1.89 bits per heavy atom. The largest absolute Gasteiger partial charge is 0.382 e. The Morgan fingerprint density at radius 1 is 1.13 bits per heavy atom. The predicted octanol–water partition coefficient (Wildman–Crippen LogP) is 3.85. The monoisotopic (exact) mass is 514 g/mol. The fourth-order valence-electron chi connectivity index (χ4n) is 5.34. The number of fused-ring (bicyclic) bond motifs is 1. The van der Waals surface area contributed by atoms with Gasteiger partial charge in [0.25, 0.3) is 5.91 Å². The third kappa shape index (κ3) is 5.31. The molecule has 2 saturated heterocycles. The maximum absolute atomic E-state index is 13.7. The van der Waals surface area contributed by atoms with Crippen LogP contribution in [0.3, 0.4) is 0 Å². The zero-order chi connectivity index (χ0) is 26.6. The molecule has 5 rings (SSSR count). The Morgan fingerprint density at radius 3 is 2.63 bits per heavy atom. The Bertz CT molecular complexity index is 1350. The van der Waals surface area contributed by atoms with Crippen LogP contribution in [0.15, 0.2) is 60.8 Å². The number of likely N-dealkylation sites (tertiary alicyclic amines) is 2. The van der Waals surface area contributed by atoms with Crippen molar-refractivity contribution in [3.63, 3.8) is 0 Å². The number of rotatable bonds is 6. The van der Waals surface area contributed by atoms with E-state index in [-0.39, 0.29) is 37.4 Å². The summed E-state index contributed by atoms with van der Waals surface area (Å²) in [6, 6.07) is 18.7. The number of pyridine rings is 1. The van der Waals surface area contributed by atoms with Crippen LogP contribution < -0.4 is 10.2 Å². The van der Waals surface area contributed by atoms with E-state index in [4.69, 9.17) is 0 Å². The quantitative estimate of drug-likeness (QED) is 0.537. The fourth-order valence-corrected chi connectivity index (χ4v) is 5.34. The summed E-state index contributed by atoms with van der Waals surface area (Å²) in [5.41, 5.74) is 2.92. The van der Waals surface area contributed by atoms with E-state index in [0.29, 0.717) is 11.1 Å². The lowest BCUT2D eigenvalue weighted by Gasteiger charge is -2.33. The molecule has 2 amide bonds. The summed E-state index contributed by atoms with van der Waals surface area (Å²) < 4.78 is 13.7. The van der Waals surface area contributed by atoms with Crippen LogP contribution in [0.4, 0.5) is 15.8 Å². The zero-order valence-electron chi connectivity index (χ0n) is 21.4. The molecule has 1 aromatic heterocycles. The molecule has 2 fully saturated rings. The molecule has 0 radical (unpaired) electrons. The summed E-state index contributed by atoms with van der Waals surface area (Å²) in [4.78, 5) is 35.6. The highest BCUT2D eigenvalue weighted by Crippen LogP contribution is 2.29. The number of anilines is 2. The van der Waals surface area contributed by atoms with Crippen LogP contribution in [-0.4, -0.2) is 78.1 Å². The van der Waals surface area contributed by atoms with Gasteiger partial charge in [0, 0.05) is 55.6 Å². The Kier molecular flexibility index (Phi) is 7.52. The van der Waals surface area contributed by atoms with Crippen molar-refractivity contribution in [2.75, 3.05) is 43.4 Å². The number of hydrogen-bond donors (Lipinski definition) is 1. The van der Waals surface area contributed by atoms with Gasteiger partial charge in [-0.1, -0.05) is 18.2 Å². The molecule has 3 heterocycles. The van der Waals surface area contributed by atoms with E-state index in [1.165, 1.54) is 4.90 Å². The summed E-state index contributed by atoms with van der Waals surface area (Å²) in [7, 11) is 1.76. The molecule has 8 nitrogen and oxygen atoms in total. The normalized spacial score (nSPS) is 20.3. The Hall–Kier alpha value is -4.03. The van der Waals surface area contributed by atoms with Gasteiger partial charge in [-0.2, -0.15) is 5.26 Å². The molecule has 2 aliphatic rings. The van der Waals surface area contributed by atoms with Gasteiger partial charge in [-0.05, 0) is 49.2 Å². The number of aromatic nitrogens is 1. The molecule has 3 aromatic rings. The molecule has 0 unspecified atom stereocenters. The van der Waals surface area contributed by atoms with Crippen LogP contribution in [0, 0.1) is 11.3 Å². The molecular weight excluding hydrogens is 483 g/mol. The second-order valence-electron chi connectivity index (χ2n) is 9.98. The maximum atomic E-state index is 13.7. The predicted molar refractivity (Wildman–Crippen MR) is 145 cm³/mol. The lowest BCUT2D eigenvalue weighted by molar-refractivity contribution is -0.132. The number of nitriles is 1. The van der Waals surface area contributed by atoms with Crippen LogP contribution in [-0.2, 0) is 4.79 Å². The van der Waals surface area contributed by atoms with E-state index in [1.807, 2.05) is 60.7 Å². The van der Waals surface area contributed by atoms with Crippen molar-refractivity contribution in [3.8, 4) is 6.07 Å². The molecule has 1 N–H and O–H groups in total. The van der Waals surface area contributed by atoms with E-state index in [2.05, 4.69) is 15.2 Å². The van der Waals surface area contributed by atoms with Crippen molar-refractivity contribution in [2.24, 2.45) is 0 Å². The number of carbonyl (C=O) groups excluding carboxylic acids is 2. The molecule has 196 valence electrons. The molecule has 9 heteroatoms. The number of piperidine rings is 1. The first kappa shape index (κ1) is 25.6. The lowest BCUT2D eigenvalue weighted by atomic mass is 10.0. The van der Waals surface area contributed by atoms with E-state index >= 15 is 0 Å². The molecule has 38 heavy (non-hydrogen) atoms. The smallest absolute Gasteiger partial charge is 0.260 e. The van der Waals surface area contributed by atoms with Gasteiger partial charge in [0.05, 0.1) is 30.2 Å². The second kappa shape index (κ2) is 11.2. The third-order valence-electron chi connectivity index (χ3n) is 7.47. The summed E-state index contributed by atoms with van der Waals surface area (Å²) in [6.45, 7) is 1.66. The molecule has 2 atom stereocenters. The van der Waals surface area contributed by atoms with Gasteiger partial charge in [-0.25, -0.2) is 4.39 Å². The van der Waals surface area contributed by atoms with Gasteiger partial charge in [0.15, 0.2) is 0 Å². The van der Waals surface area contributed by atoms with E-state index in [1.54, 1.807) is 18.1 Å². The highest BCUT2D eigenvalue weighted by molar-refractivity contribution is 6.14. The zero-order valence-corrected chi connectivity index (χ0v) is 21.4. The van der Waals surface area contributed by atoms with E-state index in [0.717, 1.165) is 42.7 Å². The molecule has 0 saturated carbocycles. The maximum Gasteiger partial charge on any atom is 0.260 e. The van der Waals surface area contributed by atoms with Crippen LogP contribution in [0.1, 0.15) is 29.6 Å². The Labute approximate surface area is 221 Å². The SMILES string of the molecule is CN(C(=O)c1ccc(NC2CCN(CC(=O)N3C[C@@H](F)C[C@H]3C#N)CC2)c2cccnc12)c1ccccc1. The minimum atomic E-state index is -1.12. The summed E-state index contributed by atoms with van der Waals surface area (Å²) in [6.07, 6.45) is 2.34. The van der Waals surface area contributed by atoms with Gasteiger partial charge in [0.2, 0.25) is 5.91 Å². The van der Waals surface area contributed by atoms with Crippen LogP contribution >= 0.6 is 0 Å². The van der Waals surface area contributed by atoms with Gasteiger partial charge < -0.3 is 15.1 Å². The molecule has 2 aromatic carbocycles. The number of benzene rings is 2. The standard InChI is InChI=1S/C29H31FN6O2/c1-34(22-6-3-2-4-7-22)29(38)25-9-10-26(24-8-5-13-32-28(24)25)33-21-11-14-35(15-12-21)19-27(37)36-18-20(30)16-23(36)17-31/h2-10,13,20-21,23,33H,11-12,14-16,18-19H2,1H3/t20-,23-/m0/s1. The van der Waals surface area contributed by atoms with E-state index < -0.39 is 12.2 Å². The molecule has 0 aliphatic carbocycles. The number of amides is 2. The Balaban J connectivity index is 1.23. The van der Waals surface area contributed by atoms with Crippen molar-refractivity contribution in [1.29, 1.82) is 5.26 Å². The highest BCUT2D eigenvalue weighted by atomic mass is 19.1. The van der Waals surface area contributed by atoms with Gasteiger partial charge >= 0.3 is 0 Å². The van der Waals surface area contributed by atoms with Crippen molar-refractivity contribution in [3.05, 3.63) is 66.4 Å². The molecule has 0 bridgehead atoms. The number of nitrogens with zero attached hydrogens (tertiary/aromatic N) is 5. The van der Waals surface area contributed by atoms with Crippen LogP contribution in [0.2, 0.25) is 0 Å². The molecule has 0 spiro atoms. The van der Waals surface area contributed by atoms with Crippen molar-refractivity contribution in [1.82, 2.24) is 14.8 Å². The van der Waals surface area contributed by atoms with Crippen molar-refractivity contribution in [2.45, 2.75) is 37.5 Å². The van der Waals surface area contributed by atoms with Gasteiger partial charge in [0.1, 0.15) is 12.2 Å². The van der Waals surface area contributed by atoms with Gasteiger partial charge in [-0.3, -0.25) is 19.5 Å². The van der Waals surface area contributed by atoms with Crippen molar-refractivity contribution < 1.29 is 14.0 Å². The number of halogens is 1. The number of nitrogens with one attached hydrogen (secondary N) is 1. The average molecular weight is 515 g/mol. The minimum absolute atomic E-state index is 0.00975. The van der Waals surface area contributed by atoms with Crippen LogP contribution in [0.5, 0.6) is 0 Å². The third-order valence-corrected chi connectivity index (χ3v) is 7.47. The lowest BCUT2D eigenvalue weighted by Crippen LogP contribution is -2.46. The summed E-state index contributed by atoms with van der Waals surface area (Å²) in [5.74, 6) is -0.305. The first-order chi connectivity index (χ1) is 18.4. The van der Waals surface area contributed by atoms with Gasteiger partial charge in [-0.15, -0.1) is 0 Å². The minimum Gasteiger partial charge on any atom is -0.382 e. The van der Waals surface area contributed by atoms with E-state index in [9.17, 15) is 19.2 Å². The second-order valence-corrected chi connectivity index (χ2v) is 9.98. The average Bonchev–Trinajstić information content (AvgIpc) is 3.35. The van der Waals surface area contributed by atoms with Crippen molar-refractivity contribution >= 4 is 34.1 Å². The highest BCUT2D eigenvalue weighted by Gasteiger charge is 2.36. The molecule has 2 aliphatic heterocycles.